The van der Waals surface area contributed by atoms with Crippen molar-refractivity contribution in [3.8, 4) is 5.75 Å². The van der Waals surface area contributed by atoms with Crippen LogP contribution in [0.25, 0.3) is 0 Å². The predicted molar refractivity (Wildman–Crippen MR) is 136 cm³/mol. The summed E-state index contributed by atoms with van der Waals surface area (Å²) in [5.41, 5.74) is -1.54. The Balaban J connectivity index is 1.65. The zero-order valence-electron chi connectivity index (χ0n) is 21.9. The maximum absolute atomic E-state index is 13.2. The quantitative estimate of drug-likeness (QED) is 0.339. The molecule has 0 spiro atoms. The molecule has 1 heterocycles. The number of hydrogen-bond donors (Lipinski definition) is 2. The fraction of sp³-hybridized carbons (Fsp3) is 0.500. The van der Waals surface area contributed by atoms with Crippen molar-refractivity contribution in [3.63, 3.8) is 0 Å². The molecule has 208 valence electrons. The average molecular weight is 537 g/mol. The Labute approximate surface area is 220 Å². The number of carboxylic acids is 1. The minimum absolute atomic E-state index is 0.199. The van der Waals surface area contributed by atoms with Crippen molar-refractivity contribution in [1.29, 1.82) is 0 Å². The van der Waals surface area contributed by atoms with Crippen molar-refractivity contribution in [2.45, 2.75) is 63.3 Å². The summed E-state index contributed by atoms with van der Waals surface area (Å²) in [6, 6.07) is 11.9. The van der Waals surface area contributed by atoms with Crippen LogP contribution >= 0.6 is 0 Å². The lowest BCUT2D eigenvalue weighted by atomic mass is 9.87. The van der Waals surface area contributed by atoms with E-state index < -0.39 is 28.8 Å². The van der Waals surface area contributed by atoms with Gasteiger partial charge >= 0.3 is 18.2 Å². The summed E-state index contributed by atoms with van der Waals surface area (Å²) in [5, 5.41) is 12.4. The molecule has 1 saturated heterocycles. The van der Waals surface area contributed by atoms with E-state index in [1.165, 1.54) is 11.0 Å². The van der Waals surface area contributed by atoms with Crippen molar-refractivity contribution in [1.82, 2.24) is 10.2 Å². The molecular weight excluding hydrogens is 501 g/mol. The van der Waals surface area contributed by atoms with Gasteiger partial charge in [0.15, 0.2) is 5.60 Å². The van der Waals surface area contributed by atoms with Crippen LogP contribution in [0.2, 0.25) is 0 Å². The second-order valence-electron chi connectivity index (χ2n) is 9.97. The molecule has 0 aromatic heterocycles. The van der Waals surface area contributed by atoms with Crippen LogP contribution in [-0.2, 0) is 28.5 Å². The molecule has 2 unspecified atom stereocenters. The molecule has 2 atom stereocenters. The molecule has 1 aliphatic heterocycles. The highest BCUT2D eigenvalue weighted by Gasteiger charge is 2.43. The van der Waals surface area contributed by atoms with E-state index in [0.29, 0.717) is 24.3 Å². The van der Waals surface area contributed by atoms with E-state index in [-0.39, 0.29) is 32.0 Å². The number of nitrogens with zero attached hydrogens (tertiary/aromatic N) is 1. The number of ether oxygens (including phenoxy) is 2. The van der Waals surface area contributed by atoms with Crippen LogP contribution in [0.15, 0.2) is 48.5 Å². The SMILES string of the molecule is CCCCOC(C)(Cc1ccc(OCCC2(Cc3cccc(C(F)(F)F)c3)CNC(=O)N2C)cc1)C(=O)O. The smallest absolute Gasteiger partial charge is 0.416 e. The number of halogens is 3. The van der Waals surface area contributed by atoms with Crippen molar-refractivity contribution in [2.75, 3.05) is 26.8 Å². The molecule has 10 heteroatoms. The first-order valence-electron chi connectivity index (χ1n) is 12.7. The highest BCUT2D eigenvalue weighted by molar-refractivity contribution is 5.78. The molecule has 0 bridgehead atoms. The lowest BCUT2D eigenvalue weighted by Crippen LogP contribution is -2.48. The maximum Gasteiger partial charge on any atom is 0.416 e. The number of likely N-dealkylation sites (N-methyl/N-ethyl adjacent to an activating group) is 1. The number of hydrogen-bond acceptors (Lipinski definition) is 4. The van der Waals surface area contributed by atoms with Gasteiger partial charge in [-0.3, -0.25) is 0 Å². The van der Waals surface area contributed by atoms with E-state index in [1.807, 2.05) is 6.92 Å². The third kappa shape index (κ3) is 7.18. The summed E-state index contributed by atoms with van der Waals surface area (Å²) in [6.07, 6.45) is -1.93. The van der Waals surface area contributed by atoms with Crippen LogP contribution < -0.4 is 10.1 Å². The molecule has 0 aliphatic carbocycles. The van der Waals surface area contributed by atoms with E-state index >= 15 is 0 Å². The highest BCUT2D eigenvalue weighted by Crippen LogP contribution is 2.33. The predicted octanol–water partition coefficient (Wildman–Crippen LogP) is 5.31. The third-order valence-electron chi connectivity index (χ3n) is 7.04. The molecule has 1 aliphatic rings. The van der Waals surface area contributed by atoms with Crippen molar-refractivity contribution >= 4 is 12.0 Å². The number of rotatable bonds is 13. The van der Waals surface area contributed by atoms with Gasteiger partial charge in [-0.05, 0) is 49.1 Å². The lowest BCUT2D eigenvalue weighted by Gasteiger charge is -2.35. The topological polar surface area (TPSA) is 88.1 Å². The molecule has 7 nitrogen and oxygen atoms in total. The number of nitrogens with one attached hydrogen (secondary N) is 1. The van der Waals surface area contributed by atoms with E-state index in [1.54, 1.807) is 44.3 Å². The standard InChI is InChI=1S/C28H35F3N2O5/c1-4-5-14-38-26(2,24(34)35)17-20-9-11-23(12-10-20)37-15-13-27(19-32-25(36)33(27)3)18-21-7-6-8-22(16-21)28(29,30)31/h6-12,16H,4-5,13-15,17-19H2,1-3H3,(H,32,36)(H,34,35). The van der Waals surface area contributed by atoms with Gasteiger partial charge in [-0.25, -0.2) is 9.59 Å². The van der Waals surface area contributed by atoms with Crippen LogP contribution in [0, 0.1) is 0 Å². The summed E-state index contributed by atoms with van der Waals surface area (Å²) in [7, 11) is 1.63. The number of benzene rings is 2. The highest BCUT2D eigenvalue weighted by atomic mass is 19.4. The number of amides is 2. The molecule has 2 aromatic carbocycles. The summed E-state index contributed by atoms with van der Waals surface area (Å²) in [5.74, 6) is -0.462. The molecule has 38 heavy (non-hydrogen) atoms. The number of carbonyl (C=O) groups excluding carboxylic acids is 1. The maximum atomic E-state index is 13.2. The molecule has 0 saturated carbocycles. The first-order valence-corrected chi connectivity index (χ1v) is 12.7. The molecule has 2 N–H and O–H groups in total. The summed E-state index contributed by atoms with van der Waals surface area (Å²) >= 11 is 0. The van der Waals surface area contributed by atoms with Gasteiger partial charge in [0.05, 0.1) is 17.7 Å². The lowest BCUT2D eigenvalue weighted by molar-refractivity contribution is -0.163. The van der Waals surface area contributed by atoms with Crippen LogP contribution in [-0.4, -0.2) is 60.0 Å². The summed E-state index contributed by atoms with van der Waals surface area (Å²) in [4.78, 5) is 25.6. The van der Waals surface area contributed by atoms with Gasteiger partial charge in [-0.1, -0.05) is 43.7 Å². The largest absolute Gasteiger partial charge is 0.494 e. The van der Waals surface area contributed by atoms with Gasteiger partial charge in [0.2, 0.25) is 0 Å². The Kier molecular flexibility index (Phi) is 9.30. The van der Waals surface area contributed by atoms with Gasteiger partial charge in [0.1, 0.15) is 5.75 Å². The van der Waals surface area contributed by atoms with E-state index in [9.17, 15) is 27.9 Å². The fourth-order valence-corrected chi connectivity index (χ4v) is 4.54. The Hall–Kier alpha value is -3.27. The van der Waals surface area contributed by atoms with Crippen LogP contribution in [0.1, 0.15) is 49.8 Å². The van der Waals surface area contributed by atoms with Crippen molar-refractivity contribution < 1.29 is 37.3 Å². The number of urea groups is 1. The third-order valence-corrected chi connectivity index (χ3v) is 7.04. The van der Waals surface area contributed by atoms with Crippen LogP contribution in [0.3, 0.4) is 0 Å². The Bertz CT molecular complexity index is 1110. The fourth-order valence-electron chi connectivity index (χ4n) is 4.54. The summed E-state index contributed by atoms with van der Waals surface area (Å²) in [6.45, 7) is 4.45. The van der Waals surface area contributed by atoms with Gasteiger partial charge < -0.3 is 24.8 Å². The van der Waals surface area contributed by atoms with Crippen molar-refractivity contribution in [2.24, 2.45) is 0 Å². The first kappa shape index (κ1) is 29.3. The Morgan fingerprint density at radius 1 is 1.13 bits per heavy atom. The Morgan fingerprint density at radius 2 is 1.84 bits per heavy atom. The molecule has 1 fully saturated rings. The summed E-state index contributed by atoms with van der Waals surface area (Å²) < 4.78 is 51.2. The zero-order chi connectivity index (χ0) is 28.0. The van der Waals surface area contributed by atoms with Crippen LogP contribution in [0.5, 0.6) is 5.75 Å². The zero-order valence-corrected chi connectivity index (χ0v) is 21.9. The monoisotopic (exact) mass is 536 g/mol. The average Bonchev–Trinajstić information content (AvgIpc) is 3.13. The van der Waals surface area contributed by atoms with Gasteiger partial charge in [0, 0.05) is 33.0 Å². The molecule has 2 aromatic rings. The molecular formula is C28H35F3N2O5. The molecule has 0 radical (unpaired) electrons. The van der Waals surface area contributed by atoms with E-state index in [0.717, 1.165) is 30.5 Å². The minimum Gasteiger partial charge on any atom is -0.494 e. The second kappa shape index (κ2) is 12.1. The van der Waals surface area contributed by atoms with Gasteiger partial charge in [0.25, 0.3) is 0 Å². The number of carboxylic acid groups (broad SMARTS) is 1. The number of unbranched alkanes of at least 4 members (excludes halogenated alkanes) is 1. The molecule has 3 rings (SSSR count). The van der Waals surface area contributed by atoms with E-state index in [4.69, 9.17) is 9.47 Å². The van der Waals surface area contributed by atoms with Gasteiger partial charge in [-0.15, -0.1) is 0 Å². The number of carbonyl (C=O) groups is 2. The van der Waals surface area contributed by atoms with Gasteiger partial charge in [-0.2, -0.15) is 13.2 Å². The minimum atomic E-state index is -4.45. The number of alkyl halides is 3. The number of aliphatic carboxylic acids is 1. The molecule has 2 amide bonds. The Morgan fingerprint density at radius 3 is 2.42 bits per heavy atom. The van der Waals surface area contributed by atoms with E-state index in [2.05, 4.69) is 5.32 Å². The van der Waals surface area contributed by atoms with Crippen LogP contribution in [0.4, 0.5) is 18.0 Å². The second-order valence-corrected chi connectivity index (χ2v) is 9.97. The van der Waals surface area contributed by atoms with Crippen molar-refractivity contribution in [3.05, 3.63) is 65.2 Å². The normalized spacial score (nSPS) is 19.2. The first-order chi connectivity index (χ1) is 17.9.